The molecule has 0 aliphatic carbocycles. The Kier molecular flexibility index (Phi) is 5.01. The van der Waals surface area contributed by atoms with Gasteiger partial charge in [-0.15, -0.1) is 0 Å². The van der Waals surface area contributed by atoms with Crippen LogP contribution in [0.3, 0.4) is 0 Å². The van der Waals surface area contributed by atoms with E-state index in [1.807, 2.05) is 42.5 Å². The summed E-state index contributed by atoms with van der Waals surface area (Å²) in [4.78, 5) is 12.2. The summed E-state index contributed by atoms with van der Waals surface area (Å²) in [6.45, 7) is 6.85. The molecule has 0 bridgehead atoms. The maximum absolute atomic E-state index is 12.2. The summed E-state index contributed by atoms with van der Waals surface area (Å²) in [6.07, 6.45) is 0. The van der Waals surface area contributed by atoms with Crippen molar-refractivity contribution in [2.24, 2.45) is 0 Å². The highest BCUT2D eigenvalue weighted by Gasteiger charge is 2.23. The molecule has 2 nitrogen and oxygen atoms in total. The molecule has 2 aromatic rings. The molecule has 0 saturated carbocycles. The molecular weight excluding hydrogens is 344 g/mol. The minimum Gasteiger partial charge on any atom is -0.484 e. The van der Waals surface area contributed by atoms with Crippen molar-refractivity contribution in [1.29, 1.82) is 0 Å². The quantitative estimate of drug-likeness (QED) is 0.586. The van der Waals surface area contributed by atoms with Crippen molar-refractivity contribution in [1.82, 2.24) is 0 Å². The third kappa shape index (κ3) is 4.05. The second kappa shape index (κ2) is 6.58. The van der Waals surface area contributed by atoms with Crippen LogP contribution in [-0.2, 0) is 0 Å². The molecule has 0 N–H and O–H groups in total. The highest BCUT2D eigenvalue weighted by Crippen LogP contribution is 2.25. The first kappa shape index (κ1) is 16.0. The Morgan fingerprint density at radius 3 is 2.33 bits per heavy atom. The van der Waals surface area contributed by atoms with Crippen molar-refractivity contribution in [3.63, 3.8) is 0 Å². The SMILES string of the molecule is C[Si](C)(C)c1cccc(Br)c1OCC(=O)c1ccccc1. The maximum Gasteiger partial charge on any atom is 0.200 e. The first-order valence-electron chi connectivity index (χ1n) is 6.89. The molecular formula is C17H19BrO2Si. The van der Waals surface area contributed by atoms with Crippen molar-refractivity contribution >= 4 is 35.0 Å². The Hall–Kier alpha value is -1.39. The number of carbonyl (C=O) groups is 1. The number of benzene rings is 2. The zero-order chi connectivity index (χ0) is 15.5. The zero-order valence-electron chi connectivity index (χ0n) is 12.5. The normalized spacial score (nSPS) is 11.2. The maximum atomic E-state index is 12.2. The second-order valence-corrected chi connectivity index (χ2v) is 11.8. The van der Waals surface area contributed by atoms with Crippen LogP contribution >= 0.6 is 15.9 Å². The van der Waals surface area contributed by atoms with Gasteiger partial charge >= 0.3 is 0 Å². The Labute approximate surface area is 135 Å². The van der Waals surface area contributed by atoms with E-state index in [4.69, 9.17) is 4.74 Å². The van der Waals surface area contributed by atoms with E-state index in [9.17, 15) is 4.79 Å². The molecule has 21 heavy (non-hydrogen) atoms. The fourth-order valence-corrected chi connectivity index (χ4v) is 4.24. The Morgan fingerprint density at radius 1 is 1.05 bits per heavy atom. The molecule has 0 unspecified atom stereocenters. The van der Waals surface area contributed by atoms with Crippen molar-refractivity contribution in [3.8, 4) is 5.75 Å². The number of ether oxygens (including phenoxy) is 1. The minimum absolute atomic E-state index is 0.00659. The molecule has 0 heterocycles. The average molecular weight is 363 g/mol. The molecule has 4 heteroatoms. The largest absolute Gasteiger partial charge is 0.484 e. The van der Waals surface area contributed by atoms with E-state index in [2.05, 4.69) is 41.6 Å². The highest BCUT2D eigenvalue weighted by molar-refractivity contribution is 9.10. The van der Waals surface area contributed by atoms with Crippen LogP contribution in [-0.4, -0.2) is 20.5 Å². The Morgan fingerprint density at radius 2 is 1.71 bits per heavy atom. The highest BCUT2D eigenvalue weighted by atomic mass is 79.9. The lowest BCUT2D eigenvalue weighted by molar-refractivity contribution is 0.0921. The van der Waals surface area contributed by atoms with E-state index in [1.54, 1.807) is 0 Å². The Bertz CT molecular complexity index is 633. The Balaban J connectivity index is 2.19. The summed E-state index contributed by atoms with van der Waals surface area (Å²) in [6, 6.07) is 15.3. The van der Waals surface area contributed by atoms with E-state index >= 15 is 0 Å². The number of hydrogen-bond donors (Lipinski definition) is 0. The smallest absolute Gasteiger partial charge is 0.200 e. The number of rotatable bonds is 5. The molecule has 0 radical (unpaired) electrons. The molecule has 0 saturated heterocycles. The number of Topliss-reactive ketones (excluding diaryl/α,β-unsaturated/α-hetero) is 1. The van der Waals surface area contributed by atoms with Crippen molar-refractivity contribution in [3.05, 3.63) is 58.6 Å². The van der Waals surface area contributed by atoms with Gasteiger partial charge in [0.25, 0.3) is 0 Å². The molecule has 2 rings (SSSR count). The molecule has 2 aromatic carbocycles. The summed E-state index contributed by atoms with van der Waals surface area (Å²) >= 11 is 3.53. The van der Waals surface area contributed by atoms with Crippen LogP contribution in [0.4, 0.5) is 0 Å². The lowest BCUT2D eigenvalue weighted by Gasteiger charge is -2.21. The van der Waals surface area contributed by atoms with Gasteiger partial charge in [-0.05, 0) is 27.2 Å². The number of hydrogen-bond acceptors (Lipinski definition) is 2. The van der Waals surface area contributed by atoms with Gasteiger partial charge in [0.2, 0.25) is 0 Å². The topological polar surface area (TPSA) is 26.3 Å². The van der Waals surface area contributed by atoms with Gasteiger partial charge in [0.1, 0.15) is 5.75 Å². The average Bonchev–Trinajstić information content (AvgIpc) is 2.45. The molecule has 0 atom stereocenters. The molecule has 110 valence electrons. The van der Waals surface area contributed by atoms with E-state index in [0.29, 0.717) is 5.56 Å². The van der Waals surface area contributed by atoms with E-state index in [-0.39, 0.29) is 12.4 Å². The molecule has 0 fully saturated rings. The van der Waals surface area contributed by atoms with Crippen LogP contribution in [0.2, 0.25) is 19.6 Å². The molecule has 0 aliphatic rings. The first-order valence-corrected chi connectivity index (χ1v) is 11.2. The predicted molar refractivity (Wildman–Crippen MR) is 93.4 cm³/mol. The summed E-state index contributed by atoms with van der Waals surface area (Å²) < 4.78 is 6.75. The van der Waals surface area contributed by atoms with Crippen LogP contribution in [0.15, 0.2) is 53.0 Å². The van der Waals surface area contributed by atoms with Gasteiger partial charge in [0, 0.05) is 5.56 Å². The van der Waals surface area contributed by atoms with Crippen molar-refractivity contribution in [2.45, 2.75) is 19.6 Å². The third-order valence-corrected chi connectivity index (χ3v) is 5.85. The van der Waals surface area contributed by atoms with Gasteiger partial charge in [-0.3, -0.25) is 4.79 Å². The number of halogens is 1. The standard InChI is InChI=1S/C17H19BrO2Si/c1-21(2,3)16-11-7-10-14(18)17(16)20-12-15(19)13-8-5-4-6-9-13/h4-11H,12H2,1-3H3. The lowest BCUT2D eigenvalue weighted by Crippen LogP contribution is -2.39. The van der Waals surface area contributed by atoms with Crippen LogP contribution < -0.4 is 9.92 Å². The summed E-state index contributed by atoms with van der Waals surface area (Å²) in [7, 11) is -1.53. The summed E-state index contributed by atoms with van der Waals surface area (Å²) in [5.41, 5.74) is 0.680. The fourth-order valence-electron chi connectivity index (χ4n) is 2.09. The molecule has 0 amide bonds. The van der Waals surface area contributed by atoms with Crippen molar-refractivity contribution in [2.75, 3.05) is 6.61 Å². The number of carbonyl (C=O) groups excluding carboxylic acids is 1. The van der Waals surface area contributed by atoms with Gasteiger partial charge in [0.05, 0.1) is 12.5 Å². The fraction of sp³-hybridized carbons (Fsp3) is 0.235. The first-order chi connectivity index (χ1) is 9.89. The van der Waals surface area contributed by atoms with Crippen LogP contribution in [0.1, 0.15) is 10.4 Å². The van der Waals surface area contributed by atoms with Crippen LogP contribution in [0, 0.1) is 0 Å². The van der Waals surface area contributed by atoms with Crippen LogP contribution in [0.5, 0.6) is 5.75 Å². The third-order valence-electron chi connectivity index (χ3n) is 3.22. The number of para-hydroxylation sites is 1. The monoisotopic (exact) mass is 362 g/mol. The molecule has 0 aromatic heterocycles. The van der Waals surface area contributed by atoms with Gasteiger partial charge in [-0.1, -0.05) is 62.1 Å². The second-order valence-electron chi connectivity index (χ2n) is 5.94. The van der Waals surface area contributed by atoms with Gasteiger partial charge < -0.3 is 4.74 Å². The predicted octanol–water partition coefficient (Wildman–Crippen LogP) is 4.26. The number of ketones is 1. The van der Waals surface area contributed by atoms with Gasteiger partial charge in [-0.2, -0.15) is 0 Å². The summed E-state index contributed by atoms with van der Waals surface area (Å²) in [5, 5.41) is 1.22. The zero-order valence-corrected chi connectivity index (χ0v) is 15.1. The van der Waals surface area contributed by atoms with E-state index < -0.39 is 8.07 Å². The summed E-state index contributed by atoms with van der Waals surface area (Å²) in [5.74, 6) is 0.800. The lowest BCUT2D eigenvalue weighted by atomic mass is 10.1. The van der Waals surface area contributed by atoms with E-state index in [1.165, 1.54) is 5.19 Å². The minimum atomic E-state index is -1.53. The van der Waals surface area contributed by atoms with Crippen molar-refractivity contribution < 1.29 is 9.53 Å². The van der Waals surface area contributed by atoms with E-state index in [0.717, 1.165) is 10.2 Å². The van der Waals surface area contributed by atoms with Gasteiger partial charge in [0.15, 0.2) is 12.4 Å². The van der Waals surface area contributed by atoms with Crippen LogP contribution in [0.25, 0.3) is 0 Å². The molecule has 0 aliphatic heterocycles. The molecule has 0 spiro atoms. The van der Waals surface area contributed by atoms with Gasteiger partial charge in [-0.25, -0.2) is 0 Å².